The van der Waals surface area contributed by atoms with Gasteiger partial charge in [-0.1, -0.05) is 27.2 Å². The van der Waals surface area contributed by atoms with Gasteiger partial charge in [0.25, 0.3) is 0 Å². The van der Waals surface area contributed by atoms with E-state index in [9.17, 15) is 0 Å². The molecule has 1 unspecified atom stereocenters. The summed E-state index contributed by atoms with van der Waals surface area (Å²) in [6.07, 6.45) is 2.71. The number of hydrogen-bond acceptors (Lipinski definition) is 2. The van der Waals surface area contributed by atoms with E-state index in [1.165, 1.54) is 6.42 Å². The fourth-order valence-corrected chi connectivity index (χ4v) is 1.31. The van der Waals surface area contributed by atoms with Crippen LogP contribution in [0.1, 0.15) is 54.4 Å². The Labute approximate surface area is 95.8 Å². The molecule has 0 aromatic heterocycles. The summed E-state index contributed by atoms with van der Waals surface area (Å²) in [6, 6.07) is 0. The van der Waals surface area contributed by atoms with Crippen LogP contribution in [0.2, 0.25) is 0 Å². The second kappa shape index (κ2) is 7.24. The molecule has 0 fully saturated rings. The van der Waals surface area contributed by atoms with Crippen LogP contribution in [0.4, 0.5) is 0 Å². The van der Waals surface area contributed by atoms with Crippen molar-refractivity contribution >= 4 is 0 Å². The minimum absolute atomic E-state index is 0.188. The van der Waals surface area contributed by atoms with E-state index in [0.717, 1.165) is 19.6 Å². The average molecular weight is 215 g/mol. The summed E-state index contributed by atoms with van der Waals surface area (Å²) in [7, 11) is 0. The fraction of sp³-hybridized carbons (Fsp3) is 1.00. The summed E-state index contributed by atoms with van der Waals surface area (Å²) in [6.45, 7) is 15.0. The second-order valence-corrected chi connectivity index (χ2v) is 5.77. The van der Waals surface area contributed by atoms with Crippen LogP contribution in [0.3, 0.4) is 0 Å². The van der Waals surface area contributed by atoms with Crippen molar-refractivity contribution < 1.29 is 4.74 Å². The first-order valence-electron chi connectivity index (χ1n) is 6.21. The largest absolute Gasteiger partial charge is 0.377 e. The van der Waals surface area contributed by atoms with Crippen molar-refractivity contribution in [2.75, 3.05) is 13.2 Å². The monoisotopic (exact) mass is 215 g/mol. The third kappa shape index (κ3) is 10.2. The van der Waals surface area contributed by atoms with Crippen molar-refractivity contribution in [1.82, 2.24) is 5.32 Å². The molecule has 0 saturated carbocycles. The smallest absolute Gasteiger partial charge is 0.0699 e. The van der Waals surface area contributed by atoms with E-state index in [2.05, 4.69) is 46.9 Å². The van der Waals surface area contributed by atoms with Gasteiger partial charge in [0.1, 0.15) is 0 Å². The van der Waals surface area contributed by atoms with Gasteiger partial charge in [-0.3, -0.25) is 0 Å². The van der Waals surface area contributed by atoms with Crippen LogP contribution in [-0.4, -0.2) is 24.8 Å². The number of rotatable bonds is 7. The van der Waals surface area contributed by atoms with Crippen molar-refractivity contribution in [3.63, 3.8) is 0 Å². The fourth-order valence-electron chi connectivity index (χ4n) is 1.31. The molecule has 0 radical (unpaired) electrons. The third-order valence-corrected chi connectivity index (χ3v) is 2.14. The van der Waals surface area contributed by atoms with Gasteiger partial charge >= 0.3 is 0 Å². The molecule has 0 amide bonds. The van der Waals surface area contributed by atoms with Gasteiger partial charge in [-0.2, -0.15) is 0 Å². The minimum atomic E-state index is 0.188. The van der Waals surface area contributed by atoms with Gasteiger partial charge in [0.15, 0.2) is 0 Å². The molecule has 0 aliphatic heterocycles. The molecule has 0 aliphatic carbocycles. The number of ether oxygens (including phenoxy) is 1. The van der Waals surface area contributed by atoms with Crippen LogP contribution in [0.25, 0.3) is 0 Å². The molecule has 2 heteroatoms. The number of nitrogens with one attached hydrogen (secondary N) is 1. The molecule has 0 saturated heterocycles. The summed E-state index contributed by atoms with van der Waals surface area (Å²) < 4.78 is 5.88. The summed E-state index contributed by atoms with van der Waals surface area (Å²) >= 11 is 0. The molecule has 0 aromatic carbocycles. The van der Waals surface area contributed by atoms with Crippen LogP contribution in [0.5, 0.6) is 0 Å². The second-order valence-electron chi connectivity index (χ2n) is 5.77. The molecule has 15 heavy (non-hydrogen) atoms. The standard InChI is InChI=1S/C13H29NO/c1-7-8-12(15-10-11(2)3)9-14-13(4,5)6/h11-12,14H,7-10H2,1-6H3. The van der Waals surface area contributed by atoms with Crippen LogP contribution in [0, 0.1) is 5.92 Å². The maximum absolute atomic E-state index is 5.88. The van der Waals surface area contributed by atoms with Gasteiger partial charge in [0.2, 0.25) is 0 Å². The Morgan fingerprint density at radius 3 is 2.20 bits per heavy atom. The van der Waals surface area contributed by atoms with Gasteiger partial charge in [-0.15, -0.1) is 0 Å². The summed E-state index contributed by atoms with van der Waals surface area (Å²) in [5.74, 6) is 0.624. The third-order valence-electron chi connectivity index (χ3n) is 2.14. The first kappa shape index (κ1) is 14.9. The Kier molecular flexibility index (Phi) is 7.20. The molecule has 0 aliphatic rings. The Bertz CT molecular complexity index is 149. The van der Waals surface area contributed by atoms with Crippen LogP contribution in [0.15, 0.2) is 0 Å². The van der Waals surface area contributed by atoms with Crippen molar-refractivity contribution in [2.45, 2.75) is 66.0 Å². The highest BCUT2D eigenvalue weighted by atomic mass is 16.5. The lowest BCUT2D eigenvalue weighted by atomic mass is 10.1. The lowest BCUT2D eigenvalue weighted by molar-refractivity contribution is 0.0271. The lowest BCUT2D eigenvalue weighted by Gasteiger charge is -2.26. The molecule has 2 nitrogen and oxygen atoms in total. The maximum Gasteiger partial charge on any atom is 0.0699 e. The van der Waals surface area contributed by atoms with E-state index < -0.39 is 0 Å². The van der Waals surface area contributed by atoms with Crippen molar-refractivity contribution in [3.8, 4) is 0 Å². The molecule has 0 aromatic rings. The van der Waals surface area contributed by atoms with Crippen LogP contribution in [-0.2, 0) is 4.74 Å². The topological polar surface area (TPSA) is 21.3 Å². The molecular formula is C13H29NO. The van der Waals surface area contributed by atoms with Crippen molar-refractivity contribution in [3.05, 3.63) is 0 Å². The minimum Gasteiger partial charge on any atom is -0.377 e. The zero-order valence-corrected chi connectivity index (χ0v) is 11.4. The highest BCUT2D eigenvalue weighted by Crippen LogP contribution is 2.06. The van der Waals surface area contributed by atoms with E-state index in [4.69, 9.17) is 4.74 Å². The van der Waals surface area contributed by atoms with Gasteiger partial charge < -0.3 is 10.1 Å². The van der Waals surface area contributed by atoms with Gasteiger partial charge in [0, 0.05) is 18.7 Å². The Balaban J connectivity index is 3.82. The first-order valence-corrected chi connectivity index (χ1v) is 6.21. The van der Waals surface area contributed by atoms with E-state index in [-0.39, 0.29) is 5.54 Å². The zero-order chi connectivity index (χ0) is 11.9. The zero-order valence-electron chi connectivity index (χ0n) is 11.4. The predicted molar refractivity (Wildman–Crippen MR) is 67.2 cm³/mol. The van der Waals surface area contributed by atoms with E-state index in [1.54, 1.807) is 0 Å². The molecule has 1 atom stereocenters. The quantitative estimate of drug-likeness (QED) is 0.704. The maximum atomic E-state index is 5.88. The van der Waals surface area contributed by atoms with E-state index >= 15 is 0 Å². The van der Waals surface area contributed by atoms with Gasteiger partial charge in [-0.05, 0) is 33.1 Å². The summed E-state index contributed by atoms with van der Waals surface area (Å²) in [4.78, 5) is 0. The highest BCUT2D eigenvalue weighted by molar-refractivity contribution is 4.73. The summed E-state index contributed by atoms with van der Waals surface area (Å²) in [5.41, 5.74) is 0.188. The molecular weight excluding hydrogens is 186 g/mol. The van der Waals surface area contributed by atoms with Crippen molar-refractivity contribution in [2.24, 2.45) is 5.92 Å². The molecule has 92 valence electrons. The van der Waals surface area contributed by atoms with E-state index in [1.807, 2.05) is 0 Å². The lowest BCUT2D eigenvalue weighted by Crippen LogP contribution is -2.41. The molecule has 0 spiro atoms. The van der Waals surface area contributed by atoms with Gasteiger partial charge in [0.05, 0.1) is 6.10 Å². The number of hydrogen-bond donors (Lipinski definition) is 1. The predicted octanol–water partition coefficient (Wildman–Crippen LogP) is 3.22. The summed E-state index contributed by atoms with van der Waals surface area (Å²) in [5, 5.41) is 3.51. The molecule has 0 bridgehead atoms. The Morgan fingerprint density at radius 1 is 1.20 bits per heavy atom. The van der Waals surface area contributed by atoms with Crippen molar-refractivity contribution in [1.29, 1.82) is 0 Å². The molecule has 0 heterocycles. The normalized spacial score (nSPS) is 14.6. The Morgan fingerprint density at radius 2 is 1.80 bits per heavy atom. The molecule has 0 rings (SSSR count). The van der Waals surface area contributed by atoms with Gasteiger partial charge in [-0.25, -0.2) is 0 Å². The van der Waals surface area contributed by atoms with Crippen LogP contribution >= 0.6 is 0 Å². The van der Waals surface area contributed by atoms with Crippen LogP contribution < -0.4 is 5.32 Å². The highest BCUT2D eigenvalue weighted by Gasteiger charge is 2.14. The average Bonchev–Trinajstić information content (AvgIpc) is 2.08. The molecule has 1 N–H and O–H groups in total. The van der Waals surface area contributed by atoms with E-state index in [0.29, 0.717) is 12.0 Å². The first-order chi connectivity index (χ1) is 6.85. The SMILES string of the molecule is CCCC(CNC(C)(C)C)OCC(C)C. The Hall–Kier alpha value is -0.0800.